The Kier molecular flexibility index (Phi) is 12.5. The number of hydrogen-bond donors (Lipinski definition) is 1. The molecular formula is C65H53BN3. The highest BCUT2D eigenvalue weighted by Gasteiger charge is 2.30. The fourth-order valence-corrected chi connectivity index (χ4v) is 9.84. The van der Waals surface area contributed by atoms with Gasteiger partial charge in [0.2, 0.25) is 0 Å². The van der Waals surface area contributed by atoms with Crippen molar-refractivity contribution in [2.24, 2.45) is 0 Å². The second-order valence-corrected chi connectivity index (χ2v) is 17.9. The molecule has 4 heteroatoms. The van der Waals surface area contributed by atoms with Crippen LogP contribution in [0.15, 0.2) is 249 Å². The van der Waals surface area contributed by atoms with Gasteiger partial charge in [-0.2, -0.15) is 0 Å². The summed E-state index contributed by atoms with van der Waals surface area (Å²) in [5, 5.41) is 4.02. The van der Waals surface area contributed by atoms with E-state index in [2.05, 4.69) is 278 Å². The first-order valence-corrected chi connectivity index (χ1v) is 24.3. The first-order chi connectivity index (χ1) is 34.2. The van der Waals surface area contributed by atoms with Crippen LogP contribution < -0.4 is 26.0 Å². The second-order valence-electron chi connectivity index (χ2n) is 17.9. The fourth-order valence-electron chi connectivity index (χ4n) is 9.84. The number of hydrogen-bond acceptors (Lipinski definition) is 3. The summed E-state index contributed by atoms with van der Waals surface area (Å²) in [5.41, 5.74) is 21.9. The smallest absolute Gasteiger partial charge is 0.197 e. The maximum atomic E-state index is 4.02. The summed E-state index contributed by atoms with van der Waals surface area (Å²) in [6, 6.07) is 90.2. The zero-order valence-corrected chi connectivity index (χ0v) is 39.0. The molecule has 0 unspecified atom stereocenters. The van der Waals surface area contributed by atoms with Gasteiger partial charge in [-0.15, -0.1) is 0 Å². The predicted molar refractivity (Wildman–Crippen MR) is 296 cm³/mol. The molecule has 0 bridgehead atoms. The van der Waals surface area contributed by atoms with Gasteiger partial charge in [-0.05, 0) is 136 Å². The van der Waals surface area contributed by atoms with Crippen LogP contribution >= 0.6 is 0 Å². The molecule has 10 aromatic rings. The Morgan fingerprint density at radius 3 is 1.61 bits per heavy atom. The summed E-state index contributed by atoms with van der Waals surface area (Å²) >= 11 is 0. The first-order valence-electron chi connectivity index (χ1n) is 24.3. The van der Waals surface area contributed by atoms with Crippen molar-refractivity contribution in [2.45, 2.75) is 32.6 Å². The van der Waals surface area contributed by atoms with Crippen LogP contribution in [0, 0.1) is 0 Å². The van der Waals surface area contributed by atoms with Crippen LogP contribution in [0.25, 0.3) is 44.5 Å². The van der Waals surface area contributed by atoms with E-state index < -0.39 is 0 Å². The quantitative estimate of drug-likeness (QED) is 0.0867. The van der Waals surface area contributed by atoms with Crippen molar-refractivity contribution < 1.29 is 0 Å². The Morgan fingerprint density at radius 2 is 0.986 bits per heavy atom. The molecular weight excluding hydrogens is 834 g/mol. The fraction of sp³-hybridized carbons (Fsp3) is 0.0769. The predicted octanol–water partition coefficient (Wildman–Crippen LogP) is 16.7. The molecule has 69 heavy (non-hydrogen) atoms. The molecule has 0 aliphatic carbocycles. The van der Waals surface area contributed by atoms with E-state index in [-0.39, 0.29) is 0 Å². The summed E-state index contributed by atoms with van der Waals surface area (Å²) in [7, 11) is 2.43. The maximum absolute atomic E-state index is 4.02. The van der Waals surface area contributed by atoms with Gasteiger partial charge in [0.25, 0.3) is 0 Å². The Bertz CT molecular complexity index is 3300. The highest BCUT2D eigenvalue weighted by atomic mass is 15.2. The molecule has 1 heterocycles. The maximum Gasteiger partial charge on any atom is 0.197 e. The molecule has 0 saturated carbocycles. The van der Waals surface area contributed by atoms with Gasteiger partial charge in [0, 0.05) is 51.1 Å². The highest BCUT2D eigenvalue weighted by Crippen LogP contribution is 2.44. The lowest BCUT2D eigenvalue weighted by Crippen LogP contribution is -2.41. The van der Waals surface area contributed by atoms with Gasteiger partial charge in [-0.25, -0.2) is 0 Å². The van der Waals surface area contributed by atoms with E-state index >= 15 is 0 Å². The van der Waals surface area contributed by atoms with Crippen LogP contribution in [-0.4, -0.2) is 7.28 Å². The number of rotatable bonds is 14. The molecule has 0 atom stereocenters. The second kappa shape index (κ2) is 19.9. The van der Waals surface area contributed by atoms with Crippen LogP contribution in [0.4, 0.5) is 45.5 Å². The standard InChI is InChI=1S/C65H53BN3/c1-2-3-9-22-47-41-60(65-64(42-47)69(57-36-21-30-52(44-57)49-25-12-5-13-26-49)63-45-53(37-40-61(63)66-65)50-27-14-6-15-28-50)59-39-38-58(68(55-32-16-7-17-33-55)56-34-18-8-19-35-56)46-62(59)67-54-31-20-29-51(43-54)48-23-10-4-11-24-48/h4-8,10-21,23-46,67H,2-3,9,22H2,1H3. The number of benzene rings is 10. The molecule has 10 aromatic carbocycles. The van der Waals surface area contributed by atoms with Gasteiger partial charge < -0.3 is 15.1 Å². The van der Waals surface area contributed by atoms with Gasteiger partial charge in [-0.3, -0.25) is 0 Å². The molecule has 0 aromatic heterocycles. The van der Waals surface area contributed by atoms with E-state index in [4.69, 9.17) is 0 Å². The molecule has 331 valence electrons. The average Bonchev–Trinajstić information content (AvgIpc) is 3.42. The van der Waals surface area contributed by atoms with Gasteiger partial charge in [0.15, 0.2) is 7.28 Å². The van der Waals surface area contributed by atoms with E-state index in [1.165, 1.54) is 67.7 Å². The van der Waals surface area contributed by atoms with Crippen LogP contribution in [0.1, 0.15) is 31.7 Å². The van der Waals surface area contributed by atoms with E-state index in [1.807, 2.05) is 0 Å². The summed E-state index contributed by atoms with van der Waals surface area (Å²) in [5.74, 6) is 0. The minimum atomic E-state index is 0.985. The number of para-hydroxylation sites is 2. The van der Waals surface area contributed by atoms with Crippen molar-refractivity contribution in [1.29, 1.82) is 0 Å². The molecule has 0 amide bonds. The summed E-state index contributed by atoms with van der Waals surface area (Å²) < 4.78 is 0. The van der Waals surface area contributed by atoms with Crippen molar-refractivity contribution in [1.82, 2.24) is 0 Å². The lowest BCUT2D eigenvalue weighted by Gasteiger charge is -2.36. The minimum absolute atomic E-state index is 0.985. The zero-order chi connectivity index (χ0) is 46.4. The summed E-state index contributed by atoms with van der Waals surface area (Å²) in [4.78, 5) is 4.87. The first kappa shape index (κ1) is 43.2. The van der Waals surface area contributed by atoms with Crippen LogP contribution in [0.5, 0.6) is 0 Å². The van der Waals surface area contributed by atoms with Crippen LogP contribution in [0.2, 0.25) is 0 Å². The normalized spacial score (nSPS) is 11.6. The SMILES string of the molecule is CCCCCc1cc(-c2ccc(N(c3ccccc3)c3ccccc3)cc2Nc2cccc(-c3ccccc3)c2)c2c(c1)N(c1cccc(-c3ccccc3)c1)c1cc(-c3ccccc3)ccc1[B]2. The Labute approximate surface area is 408 Å². The van der Waals surface area contributed by atoms with E-state index in [1.54, 1.807) is 0 Å². The lowest BCUT2D eigenvalue weighted by atomic mass is 9.57. The van der Waals surface area contributed by atoms with Crippen molar-refractivity contribution in [2.75, 3.05) is 15.1 Å². The van der Waals surface area contributed by atoms with E-state index in [0.717, 1.165) is 64.5 Å². The number of nitrogens with zero attached hydrogens (tertiary/aromatic N) is 2. The largest absolute Gasteiger partial charge is 0.355 e. The zero-order valence-electron chi connectivity index (χ0n) is 39.0. The number of unbranched alkanes of at least 4 members (excludes halogenated alkanes) is 2. The molecule has 1 radical (unpaired) electrons. The van der Waals surface area contributed by atoms with Crippen molar-refractivity contribution in [3.05, 3.63) is 254 Å². The molecule has 1 aliphatic rings. The summed E-state index contributed by atoms with van der Waals surface area (Å²) in [6.45, 7) is 2.29. The molecule has 1 aliphatic heterocycles. The van der Waals surface area contributed by atoms with E-state index in [9.17, 15) is 0 Å². The third kappa shape index (κ3) is 9.22. The number of aryl methyl sites for hydroxylation is 1. The monoisotopic (exact) mass is 886 g/mol. The third-order valence-electron chi connectivity index (χ3n) is 13.2. The number of anilines is 8. The topological polar surface area (TPSA) is 18.5 Å². The Morgan fingerprint density at radius 1 is 0.420 bits per heavy atom. The Hall–Kier alpha value is -8.34. The molecule has 0 spiro atoms. The van der Waals surface area contributed by atoms with Gasteiger partial charge in [0.1, 0.15) is 0 Å². The lowest BCUT2D eigenvalue weighted by molar-refractivity contribution is 0.717. The minimum Gasteiger partial charge on any atom is -0.355 e. The van der Waals surface area contributed by atoms with Crippen LogP contribution in [-0.2, 0) is 6.42 Å². The van der Waals surface area contributed by atoms with Gasteiger partial charge >= 0.3 is 0 Å². The highest BCUT2D eigenvalue weighted by molar-refractivity contribution is 6.73. The molecule has 0 saturated heterocycles. The Balaban J connectivity index is 1.13. The van der Waals surface area contributed by atoms with Crippen molar-refractivity contribution >= 4 is 63.7 Å². The average molecular weight is 887 g/mol. The van der Waals surface area contributed by atoms with Gasteiger partial charge in [0.05, 0.1) is 0 Å². The van der Waals surface area contributed by atoms with Crippen LogP contribution in [0.3, 0.4) is 0 Å². The molecule has 11 rings (SSSR count). The molecule has 3 nitrogen and oxygen atoms in total. The van der Waals surface area contributed by atoms with Crippen molar-refractivity contribution in [3.63, 3.8) is 0 Å². The number of nitrogens with one attached hydrogen (secondary N) is 1. The number of fused-ring (bicyclic) bond motifs is 2. The van der Waals surface area contributed by atoms with Gasteiger partial charge in [-0.1, -0.05) is 201 Å². The molecule has 1 N–H and O–H groups in total. The summed E-state index contributed by atoms with van der Waals surface area (Å²) in [6.07, 6.45) is 4.45. The molecule has 0 fully saturated rings. The van der Waals surface area contributed by atoms with Crippen molar-refractivity contribution in [3.8, 4) is 44.5 Å². The van der Waals surface area contributed by atoms with E-state index in [0.29, 0.717) is 0 Å². The third-order valence-corrected chi connectivity index (χ3v) is 13.2.